The third-order valence-corrected chi connectivity index (χ3v) is 4.08. The van der Waals surface area contributed by atoms with Crippen LogP contribution in [0.25, 0.3) is 0 Å². The molecule has 0 aliphatic rings. The summed E-state index contributed by atoms with van der Waals surface area (Å²) in [5, 5.41) is 11.6. The van der Waals surface area contributed by atoms with Gasteiger partial charge in [-0.25, -0.2) is 0 Å². The van der Waals surface area contributed by atoms with Crippen LogP contribution in [0.2, 0.25) is 15.1 Å². The standard InChI is InChI=1S/C9H7Cl3NO2S/c1-5(13(14)15)4-16-9-3-7(11)6(10)2-8(9)12/h2-3H,4H2,1H3/q-1. The Hall–Kier alpha value is -0.290. The zero-order chi connectivity index (χ0) is 12.3. The van der Waals surface area contributed by atoms with Crippen LogP contribution in [0.1, 0.15) is 6.92 Å². The summed E-state index contributed by atoms with van der Waals surface area (Å²) < 4.78 is 0. The molecule has 0 atom stereocenters. The van der Waals surface area contributed by atoms with Gasteiger partial charge >= 0.3 is 0 Å². The SMILES string of the molecule is C[C-](CSc1cc(Cl)c(Cl)cc1Cl)[N+](=O)[O-]. The highest BCUT2D eigenvalue weighted by molar-refractivity contribution is 7.99. The Kier molecular flexibility index (Phi) is 5.05. The number of halogens is 3. The molecule has 0 unspecified atom stereocenters. The van der Waals surface area contributed by atoms with Gasteiger partial charge in [0, 0.05) is 4.90 Å². The predicted molar refractivity (Wildman–Crippen MR) is 68.1 cm³/mol. The molecule has 0 spiro atoms. The molecule has 1 aromatic carbocycles. The van der Waals surface area contributed by atoms with Gasteiger partial charge in [-0.1, -0.05) is 34.8 Å². The van der Waals surface area contributed by atoms with Crippen LogP contribution in [-0.2, 0) is 0 Å². The largest absolute Gasteiger partial charge is 0.295 e. The molecule has 0 saturated heterocycles. The number of nitrogens with zero attached hydrogens (tertiary/aromatic N) is 1. The summed E-state index contributed by atoms with van der Waals surface area (Å²) in [6.07, 6.45) is 0. The smallest absolute Gasteiger partial charge is 0.0607 e. The molecule has 0 heterocycles. The molecule has 0 amide bonds. The number of hydrogen-bond donors (Lipinski definition) is 0. The summed E-state index contributed by atoms with van der Waals surface area (Å²) in [4.78, 5) is 10.7. The van der Waals surface area contributed by atoms with Crippen molar-refractivity contribution in [1.29, 1.82) is 0 Å². The zero-order valence-corrected chi connectivity index (χ0v) is 11.3. The molecular weight excluding hydrogens is 293 g/mol. The molecule has 7 heteroatoms. The maximum absolute atomic E-state index is 10.4. The Bertz CT molecular complexity index is 414. The highest BCUT2D eigenvalue weighted by Gasteiger charge is 2.07. The van der Waals surface area contributed by atoms with Crippen molar-refractivity contribution >= 4 is 46.6 Å². The molecule has 0 aliphatic heterocycles. The van der Waals surface area contributed by atoms with Gasteiger partial charge in [0.2, 0.25) is 0 Å². The van der Waals surface area contributed by atoms with Crippen LogP contribution in [0.3, 0.4) is 0 Å². The fraction of sp³-hybridized carbons (Fsp3) is 0.222. The Labute approximate surface area is 112 Å². The van der Waals surface area contributed by atoms with Crippen LogP contribution in [0.15, 0.2) is 17.0 Å². The summed E-state index contributed by atoms with van der Waals surface area (Å²) in [6.45, 7) is 1.46. The summed E-state index contributed by atoms with van der Waals surface area (Å²) >= 11 is 18.8. The van der Waals surface area contributed by atoms with Crippen LogP contribution in [0, 0.1) is 16.2 Å². The van der Waals surface area contributed by atoms with Crippen molar-refractivity contribution in [3.8, 4) is 0 Å². The van der Waals surface area contributed by atoms with Gasteiger partial charge in [-0.3, -0.25) is 10.1 Å². The van der Waals surface area contributed by atoms with E-state index in [2.05, 4.69) is 0 Å². The average molecular weight is 300 g/mol. The van der Waals surface area contributed by atoms with Crippen molar-refractivity contribution in [2.45, 2.75) is 11.8 Å². The molecule has 3 nitrogen and oxygen atoms in total. The second-order valence-electron chi connectivity index (χ2n) is 2.98. The van der Waals surface area contributed by atoms with E-state index in [9.17, 15) is 10.1 Å². The van der Waals surface area contributed by atoms with Crippen LogP contribution >= 0.6 is 46.6 Å². The van der Waals surface area contributed by atoms with Crippen molar-refractivity contribution in [3.05, 3.63) is 43.4 Å². The van der Waals surface area contributed by atoms with Gasteiger partial charge in [-0.15, -0.1) is 23.6 Å². The minimum atomic E-state index is -0.418. The molecule has 0 aromatic heterocycles. The normalized spacial score (nSPS) is 10.2. The van der Waals surface area contributed by atoms with E-state index >= 15 is 0 Å². The third-order valence-electron chi connectivity index (χ3n) is 1.72. The first-order valence-electron chi connectivity index (χ1n) is 4.16. The number of thioether (sulfide) groups is 1. The second-order valence-corrected chi connectivity index (χ2v) is 5.22. The fourth-order valence-electron chi connectivity index (χ4n) is 0.850. The van der Waals surface area contributed by atoms with Crippen LogP contribution in [0.5, 0.6) is 0 Å². The van der Waals surface area contributed by atoms with Crippen molar-refractivity contribution in [1.82, 2.24) is 0 Å². The number of rotatable bonds is 4. The third kappa shape index (κ3) is 3.63. The Morgan fingerprint density at radius 1 is 1.31 bits per heavy atom. The van der Waals surface area contributed by atoms with E-state index in [-0.39, 0.29) is 11.8 Å². The van der Waals surface area contributed by atoms with Gasteiger partial charge in [-0.2, -0.15) is 0 Å². The molecule has 0 aliphatic carbocycles. The van der Waals surface area contributed by atoms with Crippen molar-refractivity contribution in [2.75, 3.05) is 5.75 Å². The van der Waals surface area contributed by atoms with Crippen molar-refractivity contribution in [3.63, 3.8) is 0 Å². The lowest BCUT2D eigenvalue weighted by Crippen LogP contribution is -2.07. The first-order chi connectivity index (χ1) is 7.41. The lowest BCUT2D eigenvalue weighted by atomic mass is 10.4. The van der Waals surface area contributed by atoms with E-state index < -0.39 is 4.92 Å². The molecule has 16 heavy (non-hydrogen) atoms. The zero-order valence-electron chi connectivity index (χ0n) is 8.17. The lowest BCUT2D eigenvalue weighted by Gasteiger charge is -2.15. The molecule has 0 saturated carbocycles. The van der Waals surface area contributed by atoms with Crippen molar-refractivity contribution < 1.29 is 4.92 Å². The second kappa shape index (κ2) is 5.87. The van der Waals surface area contributed by atoms with E-state index in [0.29, 0.717) is 20.0 Å². The highest BCUT2D eigenvalue weighted by atomic mass is 35.5. The Morgan fingerprint density at radius 2 is 1.88 bits per heavy atom. The molecule has 1 rings (SSSR count). The molecule has 0 fully saturated rings. The highest BCUT2D eigenvalue weighted by Crippen LogP contribution is 2.35. The molecule has 0 bridgehead atoms. The summed E-state index contributed by atoms with van der Waals surface area (Å²) in [5.74, 6) is 0.255. The lowest BCUT2D eigenvalue weighted by molar-refractivity contribution is -0.460. The first kappa shape index (κ1) is 13.8. The minimum absolute atomic E-state index is 0.159. The maximum atomic E-state index is 10.4. The van der Waals surface area contributed by atoms with Gasteiger partial charge in [-0.05, 0) is 23.9 Å². The number of nitro groups is 1. The summed E-state index contributed by atoms with van der Waals surface area (Å²) in [5.41, 5.74) is 0. The van der Waals surface area contributed by atoms with Crippen LogP contribution in [0.4, 0.5) is 0 Å². The molecule has 1 aromatic rings. The van der Waals surface area contributed by atoms with Crippen LogP contribution in [-0.4, -0.2) is 10.7 Å². The topological polar surface area (TPSA) is 43.1 Å². The molecule has 0 N–H and O–H groups in total. The van der Waals surface area contributed by atoms with E-state index in [1.165, 1.54) is 24.8 Å². The maximum Gasteiger partial charge on any atom is 0.0607 e. The molecular formula is C9H7Cl3NO2S-. The number of benzene rings is 1. The van der Waals surface area contributed by atoms with E-state index in [1.807, 2.05) is 0 Å². The van der Waals surface area contributed by atoms with Gasteiger partial charge < -0.3 is 0 Å². The van der Waals surface area contributed by atoms with Gasteiger partial charge in [0.1, 0.15) is 0 Å². The Balaban J connectivity index is 2.74. The Morgan fingerprint density at radius 3 is 2.44 bits per heavy atom. The van der Waals surface area contributed by atoms with Gasteiger partial charge in [0.05, 0.1) is 15.1 Å². The quantitative estimate of drug-likeness (QED) is 0.269. The number of hydrogen-bond acceptors (Lipinski definition) is 3. The van der Waals surface area contributed by atoms with Crippen molar-refractivity contribution in [2.24, 2.45) is 0 Å². The van der Waals surface area contributed by atoms with E-state index in [4.69, 9.17) is 34.8 Å². The first-order valence-corrected chi connectivity index (χ1v) is 6.28. The van der Waals surface area contributed by atoms with Gasteiger partial charge in [0.25, 0.3) is 0 Å². The van der Waals surface area contributed by atoms with E-state index in [1.54, 1.807) is 6.07 Å². The van der Waals surface area contributed by atoms with Gasteiger partial charge in [0.15, 0.2) is 0 Å². The monoisotopic (exact) mass is 298 g/mol. The van der Waals surface area contributed by atoms with Crippen LogP contribution < -0.4 is 0 Å². The fourth-order valence-corrected chi connectivity index (χ4v) is 2.49. The average Bonchev–Trinajstić information content (AvgIpc) is 2.20. The molecule has 88 valence electrons. The summed E-state index contributed by atoms with van der Waals surface area (Å²) in [6, 6.07) is 3.28. The molecule has 0 radical (unpaired) electrons. The summed E-state index contributed by atoms with van der Waals surface area (Å²) in [7, 11) is 0. The van der Waals surface area contributed by atoms with E-state index in [0.717, 1.165) is 0 Å². The minimum Gasteiger partial charge on any atom is -0.295 e. The predicted octanol–water partition coefficient (Wildman–Crippen LogP) is 4.57.